The van der Waals surface area contributed by atoms with Gasteiger partial charge in [-0.3, -0.25) is 4.79 Å². The summed E-state index contributed by atoms with van der Waals surface area (Å²) in [6.07, 6.45) is 1.36. The molecule has 1 aromatic rings. The Balaban J connectivity index is 2.16. The smallest absolute Gasteiger partial charge is 0.220 e. The van der Waals surface area contributed by atoms with Gasteiger partial charge in [0.25, 0.3) is 0 Å². The van der Waals surface area contributed by atoms with Gasteiger partial charge in [-0.2, -0.15) is 0 Å². The van der Waals surface area contributed by atoms with Crippen LogP contribution in [0.3, 0.4) is 0 Å². The second kappa shape index (κ2) is 8.92. The van der Waals surface area contributed by atoms with Crippen molar-refractivity contribution in [3.05, 3.63) is 29.8 Å². The van der Waals surface area contributed by atoms with Gasteiger partial charge in [-0.05, 0) is 38.0 Å². The maximum absolute atomic E-state index is 12.9. The summed E-state index contributed by atoms with van der Waals surface area (Å²) in [6.45, 7) is 2.25. The number of thioether (sulfide) groups is 1. The summed E-state index contributed by atoms with van der Waals surface area (Å²) in [7, 11) is 0. The van der Waals surface area contributed by atoms with E-state index >= 15 is 0 Å². The molecule has 0 aliphatic rings. The van der Waals surface area contributed by atoms with Crippen LogP contribution in [0.5, 0.6) is 0 Å². The van der Waals surface area contributed by atoms with Gasteiger partial charge in [0, 0.05) is 23.6 Å². The van der Waals surface area contributed by atoms with Crippen molar-refractivity contribution in [3.63, 3.8) is 0 Å². The molecule has 2 N–H and O–H groups in total. The highest BCUT2D eigenvalue weighted by atomic mass is 32.2. The van der Waals surface area contributed by atoms with Gasteiger partial charge in [0.1, 0.15) is 0 Å². The number of rotatable bonds is 8. The molecule has 0 aliphatic heterocycles. The zero-order valence-electron chi connectivity index (χ0n) is 11.4. The molecule has 0 radical (unpaired) electrons. The molecule has 0 spiro atoms. The van der Waals surface area contributed by atoms with E-state index in [9.17, 15) is 13.6 Å². The van der Waals surface area contributed by atoms with Crippen LogP contribution in [0.25, 0.3) is 0 Å². The largest absolute Gasteiger partial charge is 0.393 e. The SMILES string of the molecule is CC(O)CCCNC(=O)CCSc1ccc(F)c(F)c1. The Morgan fingerprint density at radius 3 is 2.80 bits per heavy atom. The number of nitrogens with one attached hydrogen (secondary N) is 1. The van der Waals surface area contributed by atoms with Gasteiger partial charge in [-0.25, -0.2) is 8.78 Å². The first-order valence-electron chi connectivity index (χ1n) is 6.51. The molecular formula is C14H19F2NO2S. The lowest BCUT2D eigenvalue weighted by Gasteiger charge is -2.06. The van der Waals surface area contributed by atoms with Crippen molar-refractivity contribution in [3.8, 4) is 0 Å². The molecular weight excluding hydrogens is 284 g/mol. The molecule has 1 aromatic carbocycles. The van der Waals surface area contributed by atoms with Gasteiger partial charge in [0.2, 0.25) is 5.91 Å². The highest BCUT2D eigenvalue weighted by Gasteiger charge is 2.05. The predicted octanol–water partition coefficient (Wildman–Crippen LogP) is 2.72. The van der Waals surface area contributed by atoms with E-state index in [-0.39, 0.29) is 12.0 Å². The molecule has 1 atom stereocenters. The normalized spacial score (nSPS) is 12.2. The fraction of sp³-hybridized carbons (Fsp3) is 0.500. The van der Waals surface area contributed by atoms with E-state index in [1.165, 1.54) is 17.8 Å². The summed E-state index contributed by atoms with van der Waals surface area (Å²) in [5.74, 6) is -1.32. The van der Waals surface area contributed by atoms with Gasteiger partial charge in [0.15, 0.2) is 11.6 Å². The van der Waals surface area contributed by atoms with Crippen LogP contribution in [0, 0.1) is 11.6 Å². The van der Waals surface area contributed by atoms with Crippen LogP contribution in [-0.4, -0.2) is 29.4 Å². The molecule has 0 aromatic heterocycles. The minimum absolute atomic E-state index is 0.0781. The Morgan fingerprint density at radius 2 is 2.15 bits per heavy atom. The number of carbonyl (C=O) groups is 1. The third-order valence-electron chi connectivity index (χ3n) is 2.61. The average molecular weight is 303 g/mol. The third-order valence-corrected chi connectivity index (χ3v) is 3.61. The molecule has 0 bridgehead atoms. The molecule has 6 heteroatoms. The average Bonchev–Trinajstić information content (AvgIpc) is 2.39. The van der Waals surface area contributed by atoms with Gasteiger partial charge in [0.05, 0.1) is 6.10 Å². The molecule has 1 amide bonds. The van der Waals surface area contributed by atoms with Crippen LogP contribution in [0.1, 0.15) is 26.2 Å². The van der Waals surface area contributed by atoms with Gasteiger partial charge in [-0.1, -0.05) is 0 Å². The number of benzene rings is 1. The number of aliphatic hydroxyl groups is 1. The van der Waals surface area contributed by atoms with E-state index in [0.29, 0.717) is 30.0 Å². The summed E-state index contributed by atoms with van der Waals surface area (Å²) in [6, 6.07) is 3.69. The number of amides is 1. The lowest BCUT2D eigenvalue weighted by molar-refractivity contribution is -0.120. The highest BCUT2D eigenvalue weighted by Crippen LogP contribution is 2.20. The van der Waals surface area contributed by atoms with Crippen LogP contribution in [0.4, 0.5) is 8.78 Å². The molecule has 0 saturated heterocycles. The maximum atomic E-state index is 12.9. The van der Waals surface area contributed by atoms with Gasteiger partial charge < -0.3 is 10.4 Å². The third kappa shape index (κ3) is 6.86. The molecule has 3 nitrogen and oxygen atoms in total. The molecule has 0 fully saturated rings. The standard InChI is InChI=1S/C14H19F2NO2S/c1-10(18)3-2-7-17-14(19)6-8-20-11-4-5-12(15)13(16)9-11/h4-5,9-10,18H,2-3,6-8H2,1H3,(H,17,19). The van der Waals surface area contributed by atoms with E-state index in [1.54, 1.807) is 6.92 Å². The molecule has 112 valence electrons. The second-order valence-corrected chi connectivity index (χ2v) is 5.68. The molecule has 0 saturated carbocycles. The Bertz CT molecular complexity index is 441. The van der Waals surface area contributed by atoms with Crippen molar-refractivity contribution >= 4 is 17.7 Å². The fourth-order valence-corrected chi connectivity index (χ4v) is 2.42. The van der Waals surface area contributed by atoms with E-state index in [1.807, 2.05) is 0 Å². The Morgan fingerprint density at radius 1 is 1.40 bits per heavy atom. The van der Waals surface area contributed by atoms with Gasteiger partial charge >= 0.3 is 0 Å². The quantitative estimate of drug-likeness (QED) is 0.573. The minimum Gasteiger partial charge on any atom is -0.393 e. The molecule has 0 aliphatic carbocycles. The number of carbonyl (C=O) groups excluding carboxylic acids is 1. The van der Waals surface area contributed by atoms with Crippen LogP contribution in [-0.2, 0) is 4.79 Å². The lowest BCUT2D eigenvalue weighted by Crippen LogP contribution is -2.25. The van der Waals surface area contributed by atoms with Crippen LogP contribution in [0.2, 0.25) is 0 Å². The molecule has 1 unspecified atom stereocenters. The van der Waals surface area contributed by atoms with Crippen LogP contribution < -0.4 is 5.32 Å². The maximum Gasteiger partial charge on any atom is 0.220 e. The number of halogens is 2. The highest BCUT2D eigenvalue weighted by molar-refractivity contribution is 7.99. The Kier molecular flexibility index (Phi) is 7.54. The molecule has 0 heterocycles. The first-order chi connectivity index (χ1) is 9.49. The summed E-state index contributed by atoms with van der Waals surface area (Å²) in [5, 5.41) is 11.8. The van der Waals surface area contributed by atoms with E-state index in [2.05, 4.69) is 5.32 Å². The molecule has 1 rings (SSSR count). The van der Waals surface area contributed by atoms with Crippen molar-refractivity contribution < 1.29 is 18.7 Å². The summed E-state index contributed by atoms with van der Waals surface area (Å²) < 4.78 is 25.7. The van der Waals surface area contributed by atoms with Gasteiger partial charge in [-0.15, -0.1) is 11.8 Å². The van der Waals surface area contributed by atoms with Crippen molar-refractivity contribution in [2.24, 2.45) is 0 Å². The zero-order chi connectivity index (χ0) is 15.0. The summed E-state index contributed by atoms with van der Waals surface area (Å²) in [4.78, 5) is 12.1. The first kappa shape index (κ1) is 16.9. The summed E-state index contributed by atoms with van der Waals surface area (Å²) >= 11 is 1.31. The van der Waals surface area contributed by atoms with Crippen LogP contribution in [0.15, 0.2) is 23.1 Å². The van der Waals surface area contributed by atoms with Crippen molar-refractivity contribution in [2.75, 3.05) is 12.3 Å². The van der Waals surface area contributed by atoms with Crippen molar-refractivity contribution in [1.29, 1.82) is 0 Å². The van der Waals surface area contributed by atoms with Crippen molar-refractivity contribution in [1.82, 2.24) is 5.32 Å². The molecule has 20 heavy (non-hydrogen) atoms. The van der Waals surface area contributed by atoms with Crippen molar-refractivity contribution in [2.45, 2.75) is 37.2 Å². The topological polar surface area (TPSA) is 49.3 Å². The predicted molar refractivity (Wildman–Crippen MR) is 75.6 cm³/mol. The Labute approximate surface area is 121 Å². The lowest BCUT2D eigenvalue weighted by atomic mass is 10.2. The van der Waals surface area contributed by atoms with Crippen LogP contribution >= 0.6 is 11.8 Å². The Hall–Kier alpha value is -1.14. The zero-order valence-corrected chi connectivity index (χ0v) is 12.2. The number of hydrogen-bond acceptors (Lipinski definition) is 3. The number of hydrogen-bond donors (Lipinski definition) is 2. The second-order valence-electron chi connectivity index (χ2n) is 4.52. The monoisotopic (exact) mass is 303 g/mol. The van der Waals surface area contributed by atoms with E-state index < -0.39 is 11.6 Å². The van der Waals surface area contributed by atoms with E-state index in [4.69, 9.17) is 5.11 Å². The summed E-state index contributed by atoms with van der Waals surface area (Å²) in [5.41, 5.74) is 0. The number of aliphatic hydroxyl groups excluding tert-OH is 1. The van der Waals surface area contributed by atoms with E-state index in [0.717, 1.165) is 18.6 Å². The first-order valence-corrected chi connectivity index (χ1v) is 7.50. The fourth-order valence-electron chi connectivity index (χ4n) is 1.54. The minimum atomic E-state index is -0.877.